The lowest BCUT2D eigenvalue weighted by atomic mass is 9.84. The van der Waals surface area contributed by atoms with Crippen LogP contribution in [0.25, 0.3) is 0 Å². The van der Waals surface area contributed by atoms with E-state index in [-0.39, 0.29) is 5.75 Å². The first-order valence-electron chi connectivity index (χ1n) is 8.87. The molecule has 2 aliphatic carbocycles. The lowest BCUT2D eigenvalue weighted by molar-refractivity contribution is 0.306. The maximum atomic E-state index is 12.2. The van der Waals surface area contributed by atoms with Crippen LogP contribution in [-0.4, -0.2) is 24.3 Å². The van der Waals surface area contributed by atoms with E-state index in [1.165, 1.54) is 38.5 Å². The molecule has 2 saturated carbocycles. The summed E-state index contributed by atoms with van der Waals surface area (Å²) < 4.78 is 32.3. The molecule has 1 N–H and O–H groups in total. The number of aromatic nitrogens is 2. The van der Waals surface area contributed by atoms with Gasteiger partial charge in [-0.1, -0.05) is 43.7 Å². The van der Waals surface area contributed by atoms with E-state index in [9.17, 15) is 8.42 Å². The molecular weight excluding hydrogens is 314 g/mol. The molecule has 0 aliphatic heterocycles. The second-order valence-corrected chi connectivity index (χ2v) is 8.94. The molecule has 0 bridgehead atoms. The van der Waals surface area contributed by atoms with Gasteiger partial charge in [0.2, 0.25) is 15.9 Å². The van der Waals surface area contributed by atoms with Gasteiger partial charge in [0.15, 0.2) is 5.82 Å². The monoisotopic (exact) mass is 341 g/mol. The van der Waals surface area contributed by atoms with Gasteiger partial charge in [0.05, 0.1) is 11.8 Å². The Morgan fingerprint density at radius 2 is 1.91 bits per heavy atom. The summed E-state index contributed by atoms with van der Waals surface area (Å²) >= 11 is 0. The lowest BCUT2D eigenvalue weighted by Gasteiger charge is -2.25. The average Bonchev–Trinajstić information content (AvgIpc) is 2.96. The summed E-state index contributed by atoms with van der Waals surface area (Å²) in [6.07, 6.45) is 10.2. The van der Waals surface area contributed by atoms with Crippen molar-refractivity contribution in [1.29, 1.82) is 0 Å². The zero-order chi connectivity index (χ0) is 16.3. The Morgan fingerprint density at radius 3 is 2.57 bits per heavy atom. The molecule has 1 unspecified atom stereocenters. The van der Waals surface area contributed by atoms with E-state index in [0.717, 1.165) is 25.1 Å². The first kappa shape index (κ1) is 16.9. The maximum absolute atomic E-state index is 12.2. The number of rotatable bonds is 7. The molecule has 2 fully saturated rings. The fraction of sp³-hybridized carbons (Fsp3) is 0.875. The Kier molecular flexibility index (Phi) is 5.36. The molecule has 1 aromatic heterocycles. The molecule has 6 nitrogen and oxygen atoms in total. The molecule has 0 radical (unpaired) electrons. The largest absolute Gasteiger partial charge is 0.338 e. The minimum absolute atomic E-state index is 0.186. The van der Waals surface area contributed by atoms with Crippen LogP contribution in [0.1, 0.15) is 88.4 Å². The number of hydrogen-bond donors (Lipinski definition) is 1. The van der Waals surface area contributed by atoms with Gasteiger partial charge >= 0.3 is 0 Å². The van der Waals surface area contributed by atoms with Gasteiger partial charge in [-0.05, 0) is 32.1 Å². The van der Waals surface area contributed by atoms with Crippen LogP contribution in [0, 0.1) is 5.92 Å². The van der Waals surface area contributed by atoms with Crippen molar-refractivity contribution in [3.05, 3.63) is 11.7 Å². The summed E-state index contributed by atoms with van der Waals surface area (Å²) in [5.41, 5.74) is 0. The first-order valence-corrected chi connectivity index (χ1v) is 10.5. The third-order valence-corrected chi connectivity index (χ3v) is 6.66. The quantitative estimate of drug-likeness (QED) is 0.822. The fourth-order valence-corrected chi connectivity index (χ4v) is 4.83. The van der Waals surface area contributed by atoms with Crippen LogP contribution in [0.2, 0.25) is 0 Å². The van der Waals surface area contributed by atoms with Crippen molar-refractivity contribution >= 4 is 10.0 Å². The van der Waals surface area contributed by atoms with Crippen molar-refractivity contribution in [1.82, 2.24) is 14.9 Å². The lowest BCUT2D eigenvalue weighted by Crippen LogP contribution is -2.30. The summed E-state index contributed by atoms with van der Waals surface area (Å²) in [6, 6.07) is -0.466. The standard InChI is InChI=1S/C16H27N3O3S/c1-12(19-23(20,21)11-10-13-6-5-7-13)16-17-15(18-22-16)14-8-3-2-4-9-14/h12-14,19H,2-11H2,1H3. The predicted molar refractivity (Wildman–Crippen MR) is 87.4 cm³/mol. The maximum Gasteiger partial charge on any atom is 0.244 e. The van der Waals surface area contributed by atoms with Crippen molar-refractivity contribution in [2.75, 3.05) is 5.75 Å². The van der Waals surface area contributed by atoms with Crippen molar-refractivity contribution in [3.8, 4) is 0 Å². The first-order chi connectivity index (χ1) is 11.0. The van der Waals surface area contributed by atoms with Gasteiger partial charge in [0.25, 0.3) is 0 Å². The van der Waals surface area contributed by atoms with Crippen molar-refractivity contribution in [2.24, 2.45) is 5.92 Å². The predicted octanol–water partition coefficient (Wildman–Crippen LogP) is 3.29. The summed E-state index contributed by atoms with van der Waals surface area (Å²) in [7, 11) is -3.29. The van der Waals surface area contributed by atoms with Crippen LogP contribution in [0.5, 0.6) is 0 Å². The molecule has 0 aromatic carbocycles. The highest BCUT2D eigenvalue weighted by Crippen LogP contribution is 2.31. The third kappa shape index (κ3) is 4.53. The van der Waals surface area contributed by atoms with Gasteiger partial charge in [-0.2, -0.15) is 4.98 Å². The van der Waals surface area contributed by atoms with Crippen LogP contribution < -0.4 is 4.72 Å². The number of nitrogens with one attached hydrogen (secondary N) is 1. The molecule has 2 aliphatic rings. The topological polar surface area (TPSA) is 85.1 Å². The van der Waals surface area contributed by atoms with E-state index in [0.29, 0.717) is 17.7 Å². The Bertz CT molecular complexity index is 604. The third-order valence-electron chi connectivity index (χ3n) is 5.17. The Balaban J connectivity index is 1.54. The molecule has 23 heavy (non-hydrogen) atoms. The molecule has 0 saturated heterocycles. The molecule has 1 heterocycles. The van der Waals surface area contributed by atoms with E-state index in [2.05, 4.69) is 14.9 Å². The van der Waals surface area contributed by atoms with Crippen LogP contribution in [0.4, 0.5) is 0 Å². The van der Waals surface area contributed by atoms with Gasteiger partial charge in [-0.3, -0.25) is 0 Å². The summed E-state index contributed by atoms with van der Waals surface area (Å²) in [5, 5.41) is 4.07. The van der Waals surface area contributed by atoms with Crippen LogP contribution >= 0.6 is 0 Å². The highest BCUT2D eigenvalue weighted by Gasteiger charge is 2.26. The van der Waals surface area contributed by atoms with Gasteiger partial charge in [-0.15, -0.1) is 0 Å². The number of hydrogen-bond acceptors (Lipinski definition) is 5. The molecule has 0 spiro atoms. The molecule has 7 heteroatoms. The summed E-state index contributed by atoms with van der Waals surface area (Å²) in [4.78, 5) is 4.44. The smallest absolute Gasteiger partial charge is 0.244 e. The van der Waals surface area contributed by atoms with Gasteiger partial charge in [0, 0.05) is 5.92 Å². The number of nitrogens with zero attached hydrogens (tertiary/aromatic N) is 2. The van der Waals surface area contributed by atoms with Crippen molar-refractivity contribution < 1.29 is 12.9 Å². The normalized spacial score (nSPS) is 22.0. The fourth-order valence-electron chi connectivity index (χ4n) is 3.43. The van der Waals surface area contributed by atoms with E-state index >= 15 is 0 Å². The Hall–Kier alpha value is -0.950. The van der Waals surface area contributed by atoms with E-state index in [1.54, 1.807) is 6.92 Å². The highest BCUT2D eigenvalue weighted by molar-refractivity contribution is 7.89. The summed E-state index contributed by atoms with van der Waals surface area (Å²) in [6.45, 7) is 1.76. The highest BCUT2D eigenvalue weighted by atomic mass is 32.2. The molecular formula is C16H27N3O3S. The van der Waals surface area contributed by atoms with Crippen LogP contribution in [0.15, 0.2) is 4.52 Å². The Morgan fingerprint density at radius 1 is 1.17 bits per heavy atom. The van der Waals surface area contributed by atoms with Crippen LogP contribution in [0.3, 0.4) is 0 Å². The average molecular weight is 341 g/mol. The molecule has 0 amide bonds. The molecule has 130 valence electrons. The molecule has 3 rings (SSSR count). The van der Waals surface area contributed by atoms with Crippen molar-refractivity contribution in [2.45, 2.75) is 76.7 Å². The number of sulfonamides is 1. The van der Waals surface area contributed by atoms with Gasteiger partial charge in [0.1, 0.15) is 0 Å². The zero-order valence-electron chi connectivity index (χ0n) is 13.8. The Labute approximate surface area is 138 Å². The van der Waals surface area contributed by atoms with Crippen LogP contribution in [-0.2, 0) is 10.0 Å². The SMILES string of the molecule is CC(NS(=O)(=O)CCC1CCC1)c1nc(C2CCCCC2)no1. The molecule has 1 aromatic rings. The van der Waals surface area contributed by atoms with Crippen molar-refractivity contribution in [3.63, 3.8) is 0 Å². The second-order valence-electron chi connectivity index (χ2n) is 7.07. The van der Waals surface area contributed by atoms with E-state index in [4.69, 9.17) is 4.52 Å². The minimum atomic E-state index is -3.29. The minimum Gasteiger partial charge on any atom is -0.338 e. The zero-order valence-corrected chi connectivity index (χ0v) is 14.6. The van der Waals surface area contributed by atoms with Gasteiger partial charge in [-0.25, -0.2) is 13.1 Å². The summed E-state index contributed by atoms with van der Waals surface area (Å²) in [5.74, 6) is 2.25. The van der Waals surface area contributed by atoms with E-state index < -0.39 is 16.1 Å². The second kappa shape index (κ2) is 7.30. The van der Waals surface area contributed by atoms with E-state index in [1.807, 2.05) is 0 Å². The molecule has 1 atom stereocenters. The van der Waals surface area contributed by atoms with Gasteiger partial charge < -0.3 is 4.52 Å².